The minimum atomic E-state index is 0.612. The molecule has 0 amide bonds. The maximum absolute atomic E-state index is 6.29. The molecule has 0 unspecified atom stereocenters. The number of aryl methyl sites for hydroxylation is 1. The van der Waals surface area contributed by atoms with E-state index in [9.17, 15) is 0 Å². The first-order chi connectivity index (χ1) is 9.36. The fourth-order valence-electron chi connectivity index (χ4n) is 2.52. The summed E-state index contributed by atoms with van der Waals surface area (Å²) in [6.07, 6.45) is 0. The molecule has 0 spiro atoms. The highest BCUT2D eigenvalue weighted by Crippen LogP contribution is 2.32. The summed E-state index contributed by atoms with van der Waals surface area (Å²) in [6, 6.07) is 4.22. The number of nitrogens with zero attached hydrogens (tertiary/aromatic N) is 2. The van der Waals surface area contributed by atoms with E-state index in [-0.39, 0.29) is 0 Å². The van der Waals surface area contributed by atoms with Crippen molar-refractivity contribution in [3.05, 3.63) is 17.1 Å². The Morgan fingerprint density at radius 3 is 2.30 bits per heavy atom. The maximum Gasteiger partial charge on any atom is 0.0907 e. The molecule has 3 nitrogen and oxygen atoms in total. The molecule has 0 bridgehead atoms. The highest BCUT2D eigenvalue weighted by Gasteiger charge is 2.15. The van der Waals surface area contributed by atoms with Gasteiger partial charge in [0.05, 0.1) is 26.6 Å². The third kappa shape index (κ3) is 3.42. The molecule has 1 heterocycles. The van der Waals surface area contributed by atoms with Gasteiger partial charge in [0.1, 0.15) is 0 Å². The van der Waals surface area contributed by atoms with Crippen LogP contribution in [0.25, 0.3) is 10.2 Å². The highest BCUT2D eigenvalue weighted by molar-refractivity contribution is 7.18. The molecule has 0 fully saturated rings. The van der Waals surface area contributed by atoms with Crippen molar-refractivity contribution in [1.82, 2.24) is 4.98 Å². The average Bonchev–Trinajstić information content (AvgIpc) is 2.65. The Kier molecular flexibility index (Phi) is 4.53. The van der Waals surface area contributed by atoms with Crippen molar-refractivity contribution in [2.75, 3.05) is 23.7 Å². The van der Waals surface area contributed by atoms with Crippen LogP contribution in [0.4, 0.5) is 11.4 Å². The first-order valence-electron chi connectivity index (χ1n) is 7.28. The van der Waals surface area contributed by atoms with Crippen molar-refractivity contribution in [1.29, 1.82) is 0 Å². The lowest BCUT2D eigenvalue weighted by Gasteiger charge is -2.29. The molecule has 20 heavy (non-hydrogen) atoms. The van der Waals surface area contributed by atoms with E-state index in [0.29, 0.717) is 11.8 Å². The number of thiazole rings is 1. The second-order valence-electron chi connectivity index (χ2n) is 6.30. The maximum atomic E-state index is 6.29. The summed E-state index contributed by atoms with van der Waals surface area (Å²) in [5.74, 6) is 1.22. The Labute approximate surface area is 125 Å². The number of nitrogen functional groups attached to an aromatic ring is 1. The molecule has 2 rings (SSSR count). The van der Waals surface area contributed by atoms with Crippen molar-refractivity contribution < 1.29 is 0 Å². The van der Waals surface area contributed by atoms with Crippen LogP contribution < -0.4 is 10.6 Å². The number of benzene rings is 1. The Morgan fingerprint density at radius 1 is 1.15 bits per heavy atom. The van der Waals surface area contributed by atoms with Gasteiger partial charge in [-0.1, -0.05) is 27.7 Å². The van der Waals surface area contributed by atoms with Crippen LogP contribution in [0, 0.1) is 18.8 Å². The minimum absolute atomic E-state index is 0.612. The summed E-state index contributed by atoms with van der Waals surface area (Å²) >= 11 is 1.70. The van der Waals surface area contributed by atoms with Crippen LogP contribution in [0.3, 0.4) is 0 Å². The second kappa shape index (κ2) is 6.00. The first-order valence-corrected chi connectivity index (χ1v) is 8.10. The molecular weight excluding hydrogens is 266 g/mol. The number of hydrogen-bond donors (Lipinski definition) is 1. The molecular formula is C16H25N3S. The van der Waals surface area contributed by atoms with Gasteiger partial charge < -0.3 is 10.6 Å². The summed E-state index contributed by atoms with van der Waals surface area (Å²) in [4.78, 5) is 6.99. The van der Waals surface area contributed by atoms with Gasteiger partial charge in [-0.2, -0.15) is 0 Å². The predicted molar refractivity (Wildman–Crippen MR) is 90.7 cm³/mol. The monoisotopic (exact) mass is 291 g/mol. The zero-order valence-electron chi connectivity index (χ0n) is 13.1. The van der Waals surface area contributed by atoms with Crippen LogP contribution in [0.2, 0.25) is 0 Å². The third-order valence-corrected chi connectivity index (χ3v) is 4.09. The summed E-state index contributed by atoms with van der Waals surface area (Å²) < 4.78 is 1.18. The van der Waals surface area contributed by atoms with E-state index in [4.69, 9.17) is 5.73 Å². The fourth-order valence-corrected chi connectivity index (χ4v) is 3.38. The normalized spacial score (nSPS) is 11.8. The van der Waals surface area contributed by atoms with Crippen molar-refractivity contribution in [3.63, 3.8) is 0 Å². The number of fused-ring (bicyclic) bond motifs is 1. The van der Waals surface area contributed by atoms with Gasteiger partial charge in [-0.05, 0) is 30.9 Å². The average molecular weight is 291 g/mol. The molecule has 110 valence electrons. The van der Waals surface area contributed by atoms with Crippen molar-refractivity contribution in [2.24, 2.45) is 11.8 Å². The van der Waals surface area contributed by atoms with Crippen LogP contribution in [0.1, 0.15) is 32.7 Å². The van der Waals surface area contributed by atoms with Gasteiger partial charge in [0.25, 0.3) is 0 Å². The van der Waals surface area contributed by atoms with Gasteiger partial charge in [-0.25, -0.2) is 4.98 Å². The van der Waals surface area contributed by atoms with Gasteiger partial charge in [-0.3, -0.25) is 0 Å². The number of hydrogen-bond acceptors (Lipinski definition) is 4. The summed E-state index contributed by atoms with van der Waals surface area (Å²) in [5.41, 5.74) is 9.34. The molecule has 1 aromatic carbocycles. The number of anilines is 2. The topological polar surface area (TPSA) is 42.2 Å². The second-order valence-corrected chi connectivity index (χ2v) is 7.54. The van der Waals surface area contributed by atoms with Crippen molar-refractivity contribution in [3.8, 4) is 0 Å². The lowest BCUT2D eigenvalue weighted by molar-refractivity contribution is 0.553. The number of nitrogens with two attached hydrogens (primary N) is 1. The van der Waals surface area contributed by atoms with Gasteiger partial charge in [0.2, 0.25) is 0 Å². The molecule has 0 aliphatic heterocycles. The van der Waals surface area contributed by atoms with Gasteiger partial charge in [0, 0.05) is 13.1 Å². The van der Waals surface area contributed by atoms with Crippen LogP contribution in [0.15, 0.2) is 12.1 Å². The van der Waals surface area contributed by atoms with Crippen LogP contribution >= 0.6 is 11.3 Å². The molecule has 2 N–H and O–H groups in total. The van der Waals surface area contributed by atoms with Crippen molar-refractivity contribution >= 4 is 32.9 Å². The van der Waals surface area contributed by atoms with E-state index in [1.54, 1.807) is 11.3 Å². The third-order valence-electron chi connectivity index (χ3n) is 3.16. The molecule has 4 heteroatoms. The Balaban J connectivity index is 2.42. The van der Waals surface area contributed by atoms with Gasteiger partial charge in [0.15, 0.2) is 0 Å². The minimum Gasteiger partial charge on any atom is -0.397 e. The summed E-state index contributed by atoms with van der Waals surface area (Å²) in [6.45, 7) is 13.1. The van der Waals surface area contributed by atoms with Gasteiger partial charge in [-0.15, -0.1) is 11.3 Å². The lowest BCUT2D eigenvalue weighted by atomic mass is 10.1. The lowest BCUT2D eigenvalue weighted by Crippen LogP contribution is -2.31. The Morgan fingerprint density at radius 2 is 1.75 bits per heavy atom. The molecule has 0 atom stereocenters. The van der Waals surface area contributed by atoms with E-state index in [1.807, 2.05) is 6.92 Å². The zero-order chi connectivity index (χ0) is 14.9. The number of aromatic nitrogens is 1. The molecule has 2 aromatic rings. The molecule has 0 saturated heterocycles. The van der Waals surface area contributed by atoms with Gasteiger partial charge >= 0.3 is 0 Å². The fraction of sp³-hybridized carbons (Fsp3) is 0.562. The molecule has 0 aliphatic carbocycles. The van der Waals surface area contributed by atoms with Crippen LogP contribution in [-0.2, 0) is 0 Å². The molecule has 0 aliphatic rings. The SMILES string of the molecule is Cc1nc2cc(N(CC(C)C)CC(C)C)c(N)cc2s1. The number of rotatable bonds is 5. The summed E-state index contributed by atoms with van der Waals surface area (Å²) in [5, 5.41) is 1.09. The highest BCUT2D eigenvalue weighted by atomic mass is 32.1. The Bertz CT molecular complexity index is 577. The zero-order valence-corrected chi connectivity index (χ0v) is 13.9. The van der Waals surface area contributed by atoms with Crippen molar-refractivity contribution in [2.45, 2.75) is 34.6 Å². The first kappa shape index (κ1) is 15.1. The smallest absolute Gasteiger partial charge is 0.0907 e. The van der Waals surface area contributed by atoms with E-state index in [1.165, 1.54) is 4.70 Å². The summed E-state index contributed by atoms with van der Waals surface area (Å²) in [7, 11) is 0. The van der Waals surface area contributed by atoms with E-state index >= 15 is 0 Å². The van der Waals surface area contributed by atoms with Crippen LogP contribution in [-0.4, -0.2) is 18.1 Å². The largest absolute Gasteiger partial charge is 0.397 e. The van der Waals surface area contributed by atoms with Crippen LogP contribution in [0.5, 0.6) is 0 Å². The standard InChI is InChI=1S/C16H25N3S/c1-10(2)8-19(9-11(3)4)15-7-14-16(6-13(15)17)20-12(5)18-14/h6-7,10-11H,8-9,17H2,1-5H3. The molecule has 0 radical (unpaired) electrons. The van der Waals surface area contributed by atoms with E-state index in [0.717, 1.165) is 35.0 Å². The molecule has 1 aromatic heterocycles. The quantitative estimate of drug-likeness (QED) is 0.835. The van der Waals surface area contributed by atoms with E-state index < -0.39 is 0 Å². The van der Waals surface area contributed by atoms with E-state index in [2.05, 4.69) is 49.7 Å². The Hall–Kier alpha value is -1.29. The molecule has 0 saturated carbocycles. The predicted octanol–water partition coefficient (Wildman–Crippen LogP) is 4.31.